The largest absolute Gasteiger partial charge is 0.352 e. The van der Waals surface area contributed by atoms with E-state index in [9.17, 15) is 18.0 Å². The highest BCUT2D eigenvalue weighted by Gasteiger charge is 2.32. The maximum atomic E-state index is 13.7. The summed E-state index contributed by atoms with van der Waals surface area (Å²) in [6.07, 6.45) is 2.23. The highest BCUT2D eigenvalue weighted by atomic mass is 79.9. The van der Waals surface area contributed by atoms with Gasteiger partial charge in [-0.2, -0.15) is 0 Å². The summed E-state index contributed by atoms with van der Waals surface area (Å²) in [5, 5.41) is 2.97. The summed E-state index contributed by atoms with van der Waals surface area (Å²) in [6, 6.07) is 13.7. The molecule has 0 heterocycles. The van der Waals surface area contributed by atoms with Crippen LogP contribution >= 0.6 is 15.9 Å². The summed E-state index contributed by atoms with van der Waals surface area (Å²) in [5.74, 6) is -0.688. The van der Waals surface area contributed by atoms with Crippen molar-refractivity contribution in [2.75, 3.05) is 17.1 Å². The van der Waals surface area contributed by atoms with Crippen LogP contribution in [0.1, 0.15) is 44.7 Å². The van der Waals surface area contributed by atoms with Gasteiger partial charge in [-0.1, -0.05) is 60.1 Å². The predicted octanol–water partition coefficient (Wildman–Crippen LogP) is 4.25. The first-order valence-corrected chi connectivity index (χ1v) is 14.0. The molecule has 0 bridgehead atoms. The number of carbonyl (C=O) groups is 2. The van der Waals surface area contributed by atoms with Crippen molar-refractivity contribution in [3.63, 3.8) is 0 Å². The van der Waals surface area contributed by atoms with Crippen molar-refractivity contribution in [2.24, 2.45) is 0 Å². The Hall–Kier alpha value is -2.39. The minimum atomic E-state index is -3.76. The van der Waals surface area contributed by atoms with Gasteiger partial charge in [-0.3, -0.25) is 13.9 Å². The first-order chi connectivity index (χ1) is 16.0. The lowest BCUT2D eigenvalue weighted by atomic mass is 10.1. The first kappa shape index (κ1) is 27.9. The van der Waals surface area contributed by atoms with Gasteiger partial charge in [0.1, 0.15) is 12.6 Å². The normalized spacial score (nSPS) is 13.1. The summed E-state index contributed by atoms with van der Waals surface area (Å²) in [5.41, 5.74) is 2.27. The van der Waals surface area contributed by atoms with Crippen molar-refractivity contribution in [3.05, 3.63) is 64.1 Å². The van der Waals surface area contributed by atoms with E-state index < -0.39 is 28.5 Å². The fourth-order valence-corrected chi connectivity index (χ4v) is 4.81. The highest BCUT2D eigenvalue weighted by Crippen LogP contribution is 2.23. The highest BCUT2D eigenvalue weighted by molar-refractivity contribution is 9.10. The average Bonchev–Trinajstić information content (AvgIpc) is 2.77. The molecule has 0 saturated carbocycles. The van der Waals surface area contributed by atoms with E-state index in [1.54, 1.807) is 24.3 Å². The number of nitrogens with zero attached hydrogens (tertiary/aromatic N) is 2. The molecule has 0 aliphatic heterocycles. The molecule has 0 aliphatic rings. The van der Waals surface area contributed by atoms with Gasteiger partial charge in [0, 0.05) is 17.1 Å². The molecule has 0 saturated heterocycles. The zero-order valence-corrected chi connectivity index (χ0v) is 22.8. The Kier molecular flexibility index (Phi) is 10.1. The molecular weight excluding hydrogens is 518 g/mol. The quantitative estimate of drug-likeness (QED) is 0.452. The Morgan fingerprint density at radius 1 is 1.06 bits per heavy atom. The number of hydrogen-bond donors (Lipinski definition) is 1. The summed E-state index contributed by atoms with van der Waals surface area (Å²) in [4.78, 5) is 28.3. The molecule has 34 heavy (non-hydrogen) atoms. The molecule has 2 rings (SSSR count). The summed E-state index contributed by atoms with van der Waals surface area (Å²) in [7, 11) is -3.76. The number of aryl methyl sites for hydroxylation is 1. The second-order valence-electron chi connectivity index (χ2n) is 8.44. The van der Waals surface area contributed by atoms with E-state index in [1.165, 1.54) is 4.90 Å². The Morgan fingerprint density at radius 2 is 1.74 bits per heavy atom. The number of amides is 2. The fraction of sp³-hybridized carbons (Fsp3) is 0.440. The molecule has 0 unspecified atom stereocenters. The van der Waals surface area contributed by atoms with Gasteiger partial charge in [-0.05, 0) is 56.0 Å². The van der Waals surface area contributed by atoms with Crippen LogP contribution in [0.15, 0.2) is 53.0 Å². The standard InChI is InChI=1S/C25H34BrN3O4S/c1-6-19(4)27-25(31)23(7-2)28(16-20-12-9-8-11-18(20)3)24(30)17-29(34(5,32)33)22-14-10-13-21(26)15-22/h8-15,19,23H,6-7,16-17H2,1-5H3,(H,27,31)/t19-,23+/m1/s1. The van der Waals surface area contributed by atoms with Crippen LogP contribution in [0.25, 0.3) is 0 Å². The molecule has 0 radical (unpaired) electrons. The van der Waals surface area contributed by atoms with E-state index in [-0.39, 0.29) is 18.5 Å². The summed E-state index contributed by atoms with van der Waals surface area (Å²) in [6.45, 7) is 7.48. The molecule has 2 aromatic rings. The number of nitrogens with one attached hydrogen (secondary N) is 1. The van der Waals surface area contributed by atoms with Gasteiger partial charge in [-0.25, -0.2) is 8.42 Å². The summed E-state index contributed by atoms with van der Waals surface area (Å²) >= 11 is 3.36. The van der Waals surface area contributed by atoms with Gasteiger partial charge in [0.15, 0.2) is 0 Å². The molecule has 0 aromatic heterocycles. The fourth-order valence-electron chi connectivity index (χ4n) is 3.58. The second-order valence-corrected chi connectivity index (χ2v) is 11.3. The maximum Gasteiger partial charge on any atom is 0.244 e. The van der Waals surface area contributed by atoms with E-state index in [4.69, 9.17) is 0 Å². The number of halogens is 1. The number of sulfonamides is 1. The lowest BCUT2D eigenvalue weighted by Crippen LogP contribution is -2.53. The number of rotatable bonds is 11. The number of anilines is 1. The third-order valence-corrected chi connectivity index (χ3v) is 7.40. The molecule has 0 aliphatic carbocycles. The van der Waals surface area contributed by atoms with Crippen molar-refractivity contribution < 1.29 is 18.0 Å². The van der Waals surface area contributed by atoms with E-state index in [0.717, 1.165) is 28.1 Å². The molecule has 186 valence electrons. The molecule has 2 atom stereocenters. The van der Waals surface area contributed by atoms with Crippen molar-refractivity contribution >= 4 is 43.5 Å². The second kappa shape index (κ2) is 12.4. The smallest absolute Gasteiger partial charge is 0.244 e. The lowest BCUT2D eigenvalue weighted by Gasteiger charge is -2.33. The van der Waals surface area contributed by atoms with Gasteiger partial charge in [0.25, 0.3) is 0 Å². The van der Waals surface area contributed by atoms with Crippen molar-refractivity contribution in [3.8, 4) is 0 Å². The summed E-state index contributed by atoms with van der Waals surface area (Å²) < 4.78 is 27.0. The molecule has 9 heteroatoms. The van der Waals surface area contributed by atoms with Crippen molar-refractivity contribution in [1.29, 1.82) is 0 Å². The van der Waals surface area contributed by atoms with E-state index >= 15 is 0 Å². The van der Waals surface area contributed by atoms with E-state index in [0.29, 0.717) is 16.6 Å². The SMILES string of the molecule is CC[C@@H](C)NC(=O)[C@H](CC)N(Cc1ccccc1C)C(=O)CN(c1cccc(Br)c1)S(C)(=O)=O. The monoisotopic (exact) mass is 551 g/mol. The van der Waals surface area contributed by atoms with Crippen LogP contribution in [0.4, 0.5) is 5.69 Å². The van der Waals surface area contributed by atoms with Crippen molar-refractivity contribution in [2.45, 2.75) is 59.2 Å². The molecule has 1 N–H and O–H groups in total. The number of carbonyl (C=O) groups excluding carboxylic acids is 2. The first-order valence-electron chi connectivity index (χ1n) is 11.4. The van der Waals surface area contributed by atoms with Crippen LogP contribution in [0, 0.1) is 6.92 Å². The molecule has 0 fully saturated rings. The Morgan fingerprint density at radius 3 is 2.29 bits per heavy atom. The van der Waals surface area contributed by atoms with Crippen LogP contribution in [-0.2, 0) is 26.2 Å². The minimum absolute atomic E-state index is 0.0360. The van der Waals surface area contributed by atoms with Crippen LogP contribution in [0.5, 0.6) is 0 Å². The number of benzene rings is 2. The third-order valence-electron chi connectivity index (χ3n) is 5.76. The van der Waals surface area contributed by atoms with Gasteiger partial charge >= 0.3 is 0 Å². The lowest BCUT2D eigenvalue weighted by molar-refractivity contribution is -0.140. The number of hydrogen-bond acceptors (Lipinski definition) is 4. The maximum absolute atomic E-state index is 13.7. The van der Waals surface area contributed by atoms with E-state index in [1.807, 2.05) is 52.0 Å². The van der Waals surface area contributed by atoms with Gasteiger partial charge in [0.2, 0.25) is 21.8 Å². The topological polar surface area (TPSA) is 86.8 Å². The minimum Gasteiger partial charge on any atom is -0.352 e. The van der Waals surface area contributed by atoms with E-state index in [2.05, 4.69) is 21.2 Å². The van der Waals surface area contributed by atoms with Crippen LogP contribution in [-0.4, -0.2) is 50.0 Å². The third kappa shape index (κ3) is 7.56. The predicted molar refractivity (Wildman–Crippen MR) is 140 cm³/mol. The van der Waals surface area contributed by atoms with Crippen LogP contribution in [0.3, 0.4) is 0 Å². The molecule has 7 nitrogen and oxygen atoms in total. The Bertz CT molecular complexity index is 1110. The molecule has 0 spiro atoms. The van der Waals surface area contributed by atoms with Gasteiger partial charge in [-0.15, -0.1) is 0 Å². The van der Waals surface area contributed by atoms with Crippen LogP contribution < -0.4 is 9.62 Å². The van der Waals surface area contributed by atoms with Crippen molar-refractivity contribution in [1.82, 2.24) is 10.2 Å². The van der Waals surface area contributed by atoms with Crippen LogP contribution in [0.2, 0.25) is 0 Å². The Labute approximate surface area is 211 Å². The average molecular weight is 553 g/mol. The molecule has 2 amide bonds. The molecule has 2 aromatic carbocycles. The molecular formula is C25H34BrN3O4S. The van der Waals surface area contributed by atoms with Gasteiger partial charge in [0.05, 0.1) is 11.9 Å². The van der Waals surface area contributed by atoms with Gasteiger partial charge < -0.3 is 10.2 Å². The Balaban J connectivity index is 2.45. The zero-order chi connectivity index (χ0) is 25.5. The zero-order valence-electron chi connectivity index (χ0n) is 20.4.